The van der Waals surface area contributed by atoms with Gasteiger partial charge in [-0.1, -0.05) is 103 Å². The number of aryl methyl sites for hydroxylation is 1. The maximum absolute atomic E-state index is 12.4. The van der Waals surface area contributed by atoms with E-state index in [2.05, 4.69) is 11.5 Å². The number of unbranched alkanes of at least 4 members (excludes halogenated alkanes) is 13. The second kappa shape index (κ2) is 17.2. The van der Waals surface area contributed by atoms with Gasteiger partial charge in [0.15, 0.2) is 5.75 Å². The molecule has 0 N–H and O–H groups in total. The smallest absolute Gasteiger partial charge is 0.223 e. The van der Waals surface area contributed by atoms with E-state index in [1.165, 1.54) is 83.5 Å². The number of methoxy groups -OCH3 is 1. The molecule has 4 heteroatoms. The van der Waals surface area contributed by atoms with Crippen molar-refractivity contribution in [3.8, 4) is 11.5 Å². The fourth-order valence-corrected chi connectivity index (χ4v) is 4.43. The van der Waals surface area contributed by atoms with E-state index >= 15 is 0 Å². The molecule has 0 unspecified atom stereocenters. The van der Waals surface area contributed by atoms with Gasteiger partial charge in [0.25, 0.3) is 0 Å². The van der Waals surface area contributed by atoms with Gasteiger partial charge in [0.2, 0.25) is 5.43 Å². The molecule has 1 aromatic heterocycles. The van der Waals surface area contributed by atoms with E-state index in [0.29, 0.717) is 12.4 Å². The highest BCUT2D eigenvalue weighted by atomic mass is 16.5. The third kappa shape index (κ3) is 10.8. The van der Waals surface area contributed by atoms with Gasteiger partial charge in [-0.25, -0.2) is 0 Å². The Morgan fingerprint density at radius 1 is 0.735 bits per heavy atom. The monoisotopic (exact) mass is 469 g/mol. The number of hydrogen-bond acceptors (Lipinski definition) is 3. The lowest BCUT2D eigenvalue weighted by atomic mass is 10.0. The van der Waals surface area contributed by atoms with E-state index in [1.807, 2.05) is 37.4 Å². The van der Waals surface area contributed by atoms with Crippen LogP contribution in [0.2, 0.25) is 0 Å². The van der Waals surface area contributed by atoms with Gasteiger partial charge in [-0.05, 0) is 31.0 Å². The Balaban J connectivity index is 1.60. The Bertz CT molecular complexity index is 841. The summed E-state index contributed by atoms with van der Waals surface area (Å²) in [5, 5.41) is 0. The topological polar surface area (TPSA) is 40.5 Å². The second-order valence-corrected chi connectivity index (χ2v) is 9.52. The number of ether oxygens (including phenoxy) is 2. The quantitative estimate of drug-likeness (QED) is 0.195. The number of benzene rings is 1. The average molecular weight is 470 g/mol. The van der Waals surface area contributed by atoms with Gasteiger partial charge < -0.3 is 14.0 Å². The molecule has 0 bridgehead atoms. The number of rotatable bonds is 19. The maximum Gasteiger partial charge on any atom is 0.223 e. The molecule has 0 saturated heterocycles. The Hall–Kier alpha value is -2.23. The van der Waals surface area contributed by atoms with Crippen LogP contribution in [0.4, 0.5) is 0 Å². The SMILES string of the molecule is CCCCCCCCCCCCCCCCn1ccc(=O)c(OCc2ccc(OC)cc2)c1C. The second-order valence-electron chi connectivity index (χ2n) is 9.52. The van der Waals surface area contributed by atoms with Crippen LogP contribution in [0.3, 0.4) is 0 Å². The lowest BCUT2D eigenvalue weighted by Gasteiger charge is -2.15. The minimum absolute atomic E-state index is 0.0526. The van der Waals surface area contributed by atoms with Gasteiger partial charge in [-0.15, -0.1) is 0 Å². The predicted molar refractivity (Wildman–Crippen MR) is 143 cm³/mol. The van der Waals surface area contributed by atoms with E-state index in [9.17, 15) is 4.79 Å². The fourth-order valence-electron chi connectivity index (χ4n) is 4.43. The van der Waals surface area contributed by atoms with Crippen LogP contribution >= 0.6 is 0 Å². The Morgan fingerprint density at radius 3 is 1.79 bits per heavy atom. The van der Waals surface area contributed by atoms with Gasteiger partial charge >= 0.3 is 0 Å². The number of pyridine rings is 1. The van der Waals surface area contributed by atoms with Crippen LogP contribution in [0.15, 0.2) is 41.3 Å². The molecule has 0 spiro atoms. The average Bonchev–Trinajstić information content (AvgIpc) is 2.85. The summed E-state index contributed by atoms with van der Waals surface area (Å²) in [6.45, 7) is 5.57. The van der Waals surface area contributed by atoms with E-state index in [4.69, 9.17) is 9.47 Å². The van der Waals surface area contributed by atoms with Crippen molar-refractivity contribution in [3.05, 3.63) is 58.0 Å². The molecule has 34 heavy (non-hydrogen) atoms. The molecular formula is C30H47NO3. The van der Waals surface area contributed by atoms with Crippen LogP contribution in [-0.2, 0) is 13.2 Å². The zero-order valence-corrected chi connectivity index (χ0v) is 21.9. The van der Waals surface area contributed by atoms with Gasteiger partial charge in [-0.3, -0.25) is 4.79 Å². The number of nitrogens with zero attached hydrogens (tertiary/aromatic N) is 1. The summed E-state index contributed by atoms with van der Waals surface area (Å²) in [6, 6.07) is 9.36. The largest absolute Gasteiger partial charge is 0.497 e. The summed E-state index contributed by atoms with van der Waals surface area (Å²) in [7, 11) is 1.65. The summed E-state index contributed by atoms with van der Waals surface area (Å²) < 4.78 is 13.3. The van der Waals surface area contributed by atoms with E-state index < -0.39 is 0 Å². The molecule has 1 heterocycles. The summed E-state index contributed by atoms with van der Waals surface area (Å²) in [5.74, 6) is 1.28. The van der Waals surface area contributed by atoms with Crippen molar-refractivity contribution >= 4 is 0 Å². The lowest BCUT2D eigenvalue weighted by Crippen LogP contribution is -2.15. The summed E-state index contributed by atoms with van der Waals surface area (Å²) in [6.07, 6.45) is 21.0. The van der Waals surface area contributed by atoms with Gasteiger partial charge in [0, 0.05) is 18.8 Å². The zero-order chi connectivity index (χ0) is 24.4. The molecule has 0 aliphatic heterocycles. The van der Waals surface area contributed by atoms with Crippen molar-refractivity contribution in [2.24, 2.45) is 0 Å². The van der Waals surface area contributed by atoms with Gasteiger partial charge in [0.1, 0.15) is 12.4 Å². The molecule has 4 nitrogen and oxygen atoms in total. The van der Waals surface area contributed by atoms with Crippen LogP contribution in [-0.4, -0.2) is 11.7 Å². The highest BCUT2D eigenvalue weighted by molar-refractivity contribution is 5.29. The van der Waals surface area contributed by atoms with Crippen LogP contribution in [0.5, 0.6) is 11.5 Å². The van der Waals surface area contributed by atoms with Gasteiger partial charge in [-0.2, -0.15) is 0 Å². The first-order valence-electron chi connectivity index (χ1n) is 13.6. The summed E-state index contributed by atoms with van der Waals surface area (Å²) in [4.78, 5) is 12.4. The highest BCUT2D eigenvalue weighted by Gasteiger charge is 2.09. The third-order valence-corrected chi connectivity index (χ3v) is 6.68. The van der Waals surface area contributed by atoms with Crippen LogP contribution < -0.4 is 14.9 Å². The molecule has 0 fully saturated rings. The highest BCUT2D eigenvalue weighted by Crippen LogP contribution is 2.18. The van der Waals surface area contributed by atoms with Crippen molar-refractivity contribution < 1.29 is 9.47 Å². The van der Waals surface area contributed by atoms with Crippen molar-refractivity contribution in [2.45, 2.75) is 117 Å². The Labute approximate surface area is 207 Å². The van der Waals surface area contributed by atoms with Crippen molar-refractivity contribution in [1.29, 1.82) is 0 Å². The van der Waals surface area contributed by atoms with Crippen LogP contribution in [0.1, 0.15) is 108 Å². The Kier molecular flexibility index (Phi) is 14.2. The summed E-state index contributed by atoms with van der Waals surface area (Å²) >= 11 is 0. The van der Waals surface area contributed by atoms with E-state index in [-0.39, 0.29) is 5.43 Å². The van der Waals surface area contributed by atoms with Crippen molar-refractivity contribution in [2.75, 3.05) is 7.11 Å². The van der Waals surface area contributed by atoms with Crippen molar-refractivity contribution in [3.63, 3.8) is 0 Å². The minimum Gasteiger partial charge on any atom is -0.497 e. The molecule has 2 rings (SSSR count). The molecule has 0 atom stereocenters. The molecule has 190 valence electrons. The third-order valence-electron chi connectivity index (χ3n) is 6.68. The fraction of sp³-hybridized carbons (Fsp3) is 0.633. The van der Waals surface area contributed by atoms with Crippen LogP contribution in [0, 0.1) is 6.92 Å². The van der Waals surface area contributed by atoms with Crippen molar-refractivity contribution in [1.82, 2.24) is 4.57 Å². The Morgan fingerprint density at radius 2 is 1.26 bits per heavy atom. The van der Waals surface area contributed by atoms with E-state index in [0.717, 1.165) is 30.0 Å². The molecule has 2 aromatic rings. The lowest BCUT2D eigenvalue weighted by molar-refractivity contribution is 0.296. The molecule has 0 saturated carbocycles. The first kappa shape index (κ1) is 28.0. The summed E-state index contributed by atoms with van der Waals surface area (Å²) in [5.41, 5.74) is 1.88. The zero-order valence-electron chi connectivity index (χ0n) is 21.9. The maximum atomic E-state index is 12.4. The molecule has 0 aliphatic rings. The minimum atomic E-state index is -0.0526. The van der Waals surface area contributed by atoms with E-state index in [1.54, 1.807) is 13.2 Å². The molecule has 1 aromatic carbocycles. The van der Waals surface area contributed by atoms with Crippen LogP contribution in [0.25, 0.3) is 0 Å². The normalized spacial score (nSPS) is 11.0. The molecule has 0 amide bonds. The molecule has 0 aliphatic carbocycles. The first-order chi connectivity index (χ1) is 16.7. The standard InChI is InChI=1S/C30H47NO3/c1-4-5-6-7-8-9-10-11-12-13-14-15-16-17-23-31-24-22-29(32)30(26(31)2)34-25-27-18-20-28(33-3)21-19-27/h18-22,24H,4-17,23,25H2,1-3H3. The first-order valence-corrected chi connectivity index (χ1v) is 13.6. The number of hydrogen-bond donors (Lipinski definition) is 0. The number of aromatic nitrogens is 1. The predicted octanol–water partition coefficient (Wildman–Crippen LogP) is 8.23. The molecule has 0 radical (unpaired) electrons. The van der Waals surface area contributed by atoms with Gasteiger partial charge in [0.05, 0.1) is 12.8 Å². The molecular weight excluding hydrogens is 422 g/mol.